The molecule has 0 saturated carbocycles. The van der Waals surface area contributed by atoms with Gasteiger partial charge in [0.15, 0.2) is 5.96 Å². The molecule has 5 heteroatoms. The zero-order valence-corrected chi connectivity index (χ0v) is 15.9. The van der Waals surface area contributed by atoms with Crippen molar-refractivity contribution in [2.75, 3.05) is 13.7 Å². The van der Waals surface area contributed by atoms with Crippen LogP contribution in [0.3, 0.4) is 0 Å². The van der Waals surface area contributed by atoms with Crippen LogP contribution >= 0.6 is 24.0 Å². The standard InChI is InChI=1S/C18H23N3O.HI/c1-3-19-18(20-13-15-8-5-4-6-9-15)21-14-16-10-7-11-17(12-16)22-2;/h4-12H,3,13-14H2,1-2H3,(H2,19,20,21);1H. The minimum Gasteiger partial charge on any atom is -0.497 e. The number of methoxy groups -OCH3 is 1. The van der Waals surface area contributed by atoms with Crippen molar-refractivity contribution in [3.63, 3.8) is 0 Å². The van der Waals surface area contributed by atoms with Crippen molar-refractivity contribution in [2.24, 2.45) is 4.99 Å². The van der Waals surface area contributed by atoms with E-state index in [4.69, 9.17) is 4.74 Å². The largest absolute Gasteiger partial charge is 0.497 e. The summed E-state index contributed by atoms with van der Waals surface area (Å²) < 4.78 is 5.23. The molecule has 0 aliphatic heterocycles. The summed E-state index contributed by atoms with van der Waals surface area (Å²) in [5, 5.41) is 6.60. The van der Waals surface area contributed by atoms with Gasteiger partial charge in [-0.05, 0) is 30.2 Å². The Balaban J connectivity index is 0.00000264. The molecule has 4 nitrogen and oxygen atoms in total. The van der Waals surface area contributed by atoms with E-state index < -0.39 is 0 Å². The van der Waals surface area contributed by atoms with Crippen molar-refractivity contribution in [1.82, 2.24) is 10.6 Å². The Kier molecular flexibility index (Phi) is 9.12. The lowest BCUT2D eigenvalue weighted by Crippen LogP contribution is -2.36. The highest BCUT2D eigenvalue weighted by molar-refractivity contribution is 14.0. The van der Waals surface area contributed by atoms with Crippen LogP contribution < -0.4 is 15.4 Å². The molecule has 0 aliphatic carbocycles. The second-order valence-electron chi connectivity index (χ2n) is 4.89. The average molecular weight is 425 g/mol. The number of nitrogens with one attached hydrogen (secondary N) is 2. The number of rotatable bonds is 6. The van der Waals surface area contributed by atoms with Crippen LogP contribution in [0.25, 0.3) is 0 Å². The van der Waals surface area contributed by atoms with Crippen molar-refractivity contribution in [3.05, 3.63) is 65.7 Å². The molecule has 2 rings (SSSR count). The summed E-state index contributed by atoms with van der Waals surface area (Å²) in [5.41, 5.74) is 2.35. The molecule has 0 saturated heterocycles. The third-order valence-corrected chi connectivity index (χ3v) is 3.20. The van der Waals surface area contributed by atoms with E-state index in [1.165, 1.54) is 5.56 Å². The first-order chi connectivity index (χ1) is 10.8. The van der Waals surface area contributed by atoms with E-state index in [9.17, 15) is 0 Å². The molecule has 0 aliphatic rings. The number of guanidine groups is 1. The summed E-state index contributed by atoms with van der Waals surface area (Å²) in [6.07, 6.45) is 0. The van der Waals surface area contributed by atoms with Gasteiger partial charge in [0.1, 0.15) is 5.75 Å². The highest BCUT2D eigenvalue weighted by atomic mass is 127. The van der Waals surface area contributed by atoms with Crippen LogP contribution in [0, 0.1) is 0 Å². The first-order valence-electron chi connectivity index (χ1n) is 7.51. The van der Waals surface area contributed by atoms with Crippen molar-refractivity contribution in [1.29, 1.82) is 0 Å². The molecule has 0 fully saturated rings. The summed E-state index contributed by atoms with van der Waals surface area (Å²) >= 11 is 0. The fraction of sp³-hybridized carbons (Fsp3) is 0.278. The molecule has 23 heavy (non-hydrogen) atoms. The van der Waals surface area contributed by atoms with Crippen molar-refractivity contribution in [2.45, 2.75) is 20.0 Å². The lowest BCUT2D eigenvalue weighted by Gasteiger charge is -2.11. The number of ether oxygens (including phenoxy) is 1. The Hall–Kier alpha value is -1.76. The molecule has 0 aromatic heterocycles. The second-order valence-corrected chi connectivity index (χ2v) is 4.89. The SMILES string of the molecule is CCNC(=NCc1cccc(OC)c1)NCc1ccccc1.I. The van der Waals surface area contributed by atoms with Gasteiger partial charge in [0.25, 0.3) is 0 Å². The van der Waals surface area contributed by atoms with Gasteiger partial charge >= 0.3 is 0 Å². The number of benzene rings is 2. The summed E-state index contributed by atoms with van der Waals surface area (Å²) in [4.78, 5) is 4.61. The van der Waals surface area contributed by atoms with Crippen LogP contribution in [0.5, 0.6) is 5.75 Å². The van der Waals surface area contributed by atoms with Crippen molar-refractivity contribution in [3.8, 4) is 5.75 Å². The van der Waals surface area contributed by atoms with Gasteiger partial charge in [-0.15, -0.1) is 24.0 Å². The molecular formula is C18H24IN3O. The van der Waals surface area contributed by atoms with E-state index in [0.29, 0.717) is 6.54 Å². The molecule has 2 N–H and O–H groups in total. The molecule has 2 aromatic rings. The third kappa shape index (κ3) is 6.90. The number of hydrogen-bond donors (Lipinski definition) is 2. The maximum atomic E-state index is 5.23. The first-order valence-corrected chi connectivity index (χ1v) is 7.51. The minimum atomic E-state index is 0. The van der Waals surface area contributed by atoms with Gasteiger partial charge in [0, 0.05) is 13.1 Å². The summed E-state index contributed by atoms with van der Waals surface area (Å²) in [7, 11) is 1.67. The van der Waals surface area contributed by atoms with Gasteiger partial charge in [-0.1, -0.05) is 42.5 Å². The maximum absolute atomic E-state index is 5.23. The van der Waals surface area contributed by atoms with Gasteiger partial charge in [0.05, 0.1) is 13.7 Å². The highest BCUT2D eigenvalue weighted by Gasteiger charge is 1.99. The molecule has 0 heterocycles. The molecule has 0 unspecified atom stereocenters. The van der Waals surface area contributed by atoms with Crippen LogP contribution in [-0.4, -0.2) is 19.6 Å². The lowest BCUT2D eigenvalue weighted by molar-refractivity contribution is 0.414. The Morgan fingerprint density at radius 2 is 1.74 bits per heavy atom. The Morgan fingerprint density at radius 1 is 1.00 bits per heavy atom. The quantitative estimate of drug-likeness (QED) is 0.423. The highest BCUT2D eigenvalue weighted by Crippen LogP contribution is 2.13. The van der Waals surface area contributed by atoms with Crippen molar-refractivity contribution >= 4 is 29.9 Å². The van der Waals surface area contributed by atoms with E-state index in [-0.39, 0.29) is 24.0 Å². The smallest absolute Gasteiger partial charge is 0.191 e. The van der Waals surface area contributed by atoms with Crippen LogP contribution in [0.15, 0.2) is 59.6 Å². The maximum Gasteiger partial charge on any atom is 0.191 e. The normalized spacial score (nSPS) is 10.6. The molecule has 0 atom stereocenters. The van der Waals surface area contributed by atoms with Crippen LogP contribution in [0.2, 0.25) is 0 Å². The van der Waals surface area contributed by atoms with E-state index in [2.05, 4.69) is 34.7 Å². The minimum absolute atomic E-state index is 0. The van der Waals surface area contributed by atoms with E-state index >= 15 is 0 Å². The topological polar surface area (TPSA) is 45.7 Å². The fourth-order valence-corrected chi connectivity index (χ4v) is 2.06. The zero-order chi connectivity index (χ0) is 15.6. The molecule has 0 radical (unpaired) electrons. The third-order valence-electron chi connectivity index (χ3n) is 3.20. The molecule has 124 valence electrons. The molecule has 2 aromatic carbocycles. The van der Waals surface area contributed by atoms with Crippen LogP contribution in [0.1, 0.15) is 18.1 Å². The molecule has 0 amide bonds. The predicted molar refractivity (Wildman–Crippen MR) is 107 cm³/mol. The lowest BCUT2D eigenvalue weighted by atomic mass is 10.2. The monoisotopic (exact) mass is 425 g/mol. The molecule has 0 bridgehead atoms. The van der Waals surface area contributed by atoms with Crippen molar-refractivity contribution < 1.29 is 4.74 Å². The van der Waals surface area contributed by atoms with Crippen LogP contribution in [-0.2, 0) is 13.1 Å². The van der Waals surface area contributed by atoms with Gasteiger partial charge in [-0.3, -0.25) is 0 Å². The van der Waals surface area contributed by atoms with E-state index in [0.717, 1.165) is 30.4 Å². The van der Waals surface area contributed by atoms with Gasteiger partial charge in [0.2, 0.25) is 0 Å². The average Bonchev–Trinajstić information content (AvgIpc) is 2.58. The van der Waals surface area contributed by atoms with Gasteiger partial charge in [-0.25, -0.2) is 4.99 Å². The Morgan fingerprint density at radius 3 is 2.43 bits per heavy atom. The second kappa shape index (κ2) is 10.9. The first kappa shape index (κ1) is 19.3. The summed E-state index contributed by atoms with van der Waals surface area (Å²) in [6.45, 7) is 4.26. The molecule has 0 spiro atoms. The number of nitrogens with zero attached hydrogens (tertiary/aromatic N) is 1. The summed E-state index contributed by atoms with van der Waals surface area (Å²) in [6, 6.07) is 18.3. The predicted octanol–water partition coefficient (Wildman–Crippen LogP) is 3.57. The fourth-order valence-electron chi connectivity index (χ4n) is 2.06. The van der Waals surface area contributed by atoms with Gasteiger partial charge in [-0.2, -0.15) is 0 Å². The number of hydrogen-bond acceptors (Lipinski definition) is 2. The zero-order valence-electron chi connectivity index (χ0n) is 13.6. The number of halogens is 1. The Bertz CT molecular complexity index is 602. The molecular weight excluding hydrogens is 401 g/mol. The Labute approximate surface area is 155 Å². The summed E-state index contributed by atoms with van der Waals surface area (Å²) in [5.74, 6) is 1.67. The van der Waals surface area contributed by atoms with E-state index in [1.54, 1.807) is 7.11 Å². The van der Waals surface area contributed by atoms with E-state index in [1.807, 2.05) is 42.5 Å². The number of aliphatic imine (C=N–C) groups is 1. The van der Waals surface area contributed by atoms with Gasteiger partial charge < -0.3 is 15.4 Å². The van der Waals surface area contributed by atoms with Crippen LogP contribution in [0.4, 0.5) is 0 Å².